The highest BCUT2D eigenvalue weighted by Gasteiger charge is 2.24. The van der Waals surface area contributed by atoms with Crippen molar-refractivity contribution >= 4 is 5.91 Å². The van der Waals surface area contributed by atoms with Crippen LogP contribution in [-0.2, 0) is 0 Å². The Morgan fingerprint density at radius 3 is 2.05 bits per heavy atom. The van der Waals surface area contributed by atoms with Crippen LogP contribution in [-0.4, -0.2) is 33.3 Å². The minimum absolute atomic E-state index is 0.159. The van der Waals surface area contributed by atoms with Crippen LogP contribution in [0.3, 0.4) is 0 Å². The van der Waals surface area contributed by atoms with Crippen molar-refractivity contribution in [1.82, 2.24) is 5.32 Å². The van der Waals surface area contributed by atoms with E-state index in [4.69, 9.17) is 14.2 Å². The molecule has 0 saturated heterocycles. The minimum atomic E-state index is -0.159. The van der Waals surface area contributed by atoms with Gasteiger partial charge < -0.3 is 19.5 Å². The molecule has 5 heteroatoms. The summed E-state index contributed by atoms with van der Waals surface area (Å²) in [6, 6.07) is 3.62. The molecule has 5 nitrogen and oxygen atoms in total. The number of ether oxygens (including phenoxy) is 3. The summed E-state index contributed by atoms with van der Waals surface area (Å²) in [5.41, 5.74) is 0.419. The number of carbonyl (C=O) groups is 1. The molecule has 0 aliphatic heterocycles. The molecular formula is C15H21NO4. The third-order valence-corrected chi connectivity index (χ3v) is 3.63. The van der Waals surface area contributed by atoms with Gasteiger partial charge in [0.05, 0.1) is 21.3 Å². The van der Waals surface area contributed by atoms with E-state index < -0.39 is 0 Å². The van der Waals surface area contributed by atoms with Crippen molar-refractivity contribution in [1.29, 1.82) is 0 Å². The summed E-state index contributed by atoms with van der Waals surface area (Å²) in [5.74, 6) is 1.35. The summed E-state index contributed by atoms with van der Waals surface area (Å²) >= 11 is 0. The van der Waals surface area contributed by atoms with Crippen molar-refractivity contribution < 1.29 is 19.0 Å². The van der Waals surface area contributed by atoms with Gasteiger partial charge in [-0.1, -0.05) is 12.8 Å². The monoisotopic (exact) mass is 279 g/mol. The fourth-order valence-corrected chi connectivity index (χ4v) is 2.56. The van der Waals surface area contributed by atoms with Gasteiger partial charge in [-0.25, -0.2) is 0 Å². The molecule has 20 heavy (non-hydrogen) atoms. The molecule has 0 radical (unpaired) electrons. The molecular weight excluding hydrogens is 258 g/mol. The standard InChI is InChI=1S/C15H21NO4/c1-18-11-8-12(19-2)14(13(9-11)20-3)15(17)16-10-6-4-5-7-10/h8-10H,4-7H2,1-3H3,(H,16,17). The summed E-state index contributed by atoms with van der Waals surface area (Å²) in [4.78, 5) is 12.4. The van der Waals surface area contributed by atoms with Crippen LogP contribution in [0.25, 0.3) is 0 Å². The van der Waals surface area contributed by atoms with E-state index in [1.54, 1.807) is 19.2 Å². The van der Waals surface area contributed by atoms with Gasteiger partial charge in [-0.05, 0) is 12.8 Å². The quantitative estimate of drug-likeness (QED) is 0.899. The maximum atomic E-state index is 12.4. The predicted molar refractivity (Wildman–Crippen MR) is 75.8 cm³/mol. The highest BCUT2D eigenvalue weighted by atomic mass is 16.5. The first-order valence-corrected chi connectivity index (χ1v) is 6.80. The van der Waals surface area contributed by atoms with Gasteiger partial charge in [-0.15, -0.1) is 0 Å². The van der Waals surface area contributed by atoms with Crippen LogP contribution in [0.4, 0.5) is 0 Å². The zero-order chi connectivity index (χ0) is 14.5. The molecule has 110 valence electrons. The van der Waals surface area contributed by atoms with E-state index in [0.717, 1.165) is 12.8 Å². The van der Waals surface area contributed by atoms with Gasteiger partial charge in [0.15, 0.2) is 0 Å². The first-order valence-electron chi connectivity index (χ1n) is 6.80. The second kappa shape index (κ2) is 6.50. The van der Waals surface area contributed by atoms with Crippen LogP contribution in [0.2, 0.25) is 0 Å². The lowest BCUT2D eigenvalue weighted by molar-refractivity contribution is 0.0931. The van der Waals surface area contributed by atoms with E-state index >= 15 is 0 Å². The topological polar surface area (TPSA) is 56.8 Å². The Hall–Kier alpha value is -1.91. The second-order valence-electron chi connectivity index (χ2n) is 4.86. The first kappa shape index (κ1) is 14.5. The summed E-state index contributed by atoms with van der Waals surface area (Å²) < 4.78 is 15.8. The molecule has 0 atom stereocenters. The Balaban J connectivity index is 2.29. The van der Waals surface area contributed by atoms with E-state index in [1.807, 2.05) is 0 Å². The van der Waals surface area contributed by atoms with E-state index in [2.05, 4.69) is 5.32 Å². The number of carbonyl (C=O) groups excluding carboxylic acids is 1. The lowest BCUT2D eigenvalue weighted by Gasteiger charge is -2.17. The van der Waals surface area contributed by atoms with Gasteiger partial charge in [-0.2, -0.15) is 0 Å². The largest absolute Gasteiger partial charge is 0.496 e. The van der Waals surface area contributed by atoms with E-state index in [0.29, 0.717) is 22.8 Å². The Morgan fingerprint density at radius 2 is 1.60 bits per heavy atom. The number of benzene rings is 1. The van der Waals surface area contributed by atoms with Crippen molar-refractivity contribution in [2.24, 2.45) is 0 Å². The van der Waals surface area contributed by atoms with Gasteiger partial charge in [0.1, 0.15) is 22.8 Å². The van der Waals surface area contributed by atoms with Gasteiger partial charge in [0.25, 0.3) is 5.91 Å². The Bertz CT molecular complexity index is 456. The zero-order valence-electron chi connectivity index (χ0n) is 12.2. The molecule has 0 unspecified atom stereocenters. The van der Waals surface area contributed by atoms with Crippen LogP contribution < -0.4 is 19.5 Å². The maximum absolute atomic E-state index is 12.4. The third-order valence-electron chi connectivity index (χ3n) is 3.63. The van der Waals surface area contributed by atoms with Crippen LogP contribution in [0.1, 0.15) is 36.0 Å². The molecule has 0 spiro atoms. The van der Waals surface area contributed by atoms with Gasteiger partial charge >= 0.3 is 0 Å². The lowest BCUT2D eigenvalue weighted by Crippen LogP contribution is -2.33. The second-order valence-corrected chi connectivity index (χ2v) is 4.86. The molecule has 1 N–H and O–H groups in total. The van der Waals surface area contributed by atoms with Crippen molar-refractivity contribution in [2.75, 3.05) is 21.3 Å². The number of rotatable bonds is 5. The fraction of sp³-hybridized carbons (Fsp3) is 0.533. The molecule has 1 aromatic carbocycles. The third kappa shape index (κ3) is 2.98. The SMILES string of the molecule is COc1cc(OC)c(C(=O)NC2CCCC2)c(OC)c1. The van der Waals surface area contributed by atoms with Crippen molar-refractivity contribution in [3.05, 3.63) is 17.7 Å². The van der Waals surface area contributed by atoms with E-state index in [1.165, 1.54) is 27.1 Å². The predicted octanol–water partition coefficient (Wildman–Crippen LogP) is 2.38. The Labute approximate surface area is 119 Å². The molecule has 0 aromatic heterocycles. The number of hydrogen-bond donors (Lipinski definition) is 1. The summed E-state index contributed by atoms with van der Waals surface area (Å²) in [5, 5.41) is 3.04. The smallest absolute Gasteiger partial charge is 0.259 e. The average molecular weight is 279 g/mol. The van der Waals surface area contributed by atoms with Crippen LogP contribution in [0.5, 0.6) is 17.2 Å². The highest BCUT2D eigenvalue weighted by molar-refractivity contribution is 6.00. The molecule has 1 aliphatic rings. The maximum Gasteiger partial charge on any atom is 0.259 e. The molecule has 1 saturated carbocycles. The normalized spacial score (nSPS) is 14.9. The molecule has 1 amide bonds. The molecule has 1 aromatic rings. The van der Waals surface area contributed by atoms with Crippen molar-refractivity contribution in [3.63, 3.8) is 0 Å². The number of methoxy groups -OCH3 is 3. The van der Waals surface area contributed by atoms with Crippen LogP contribution in [0.15, 0.2) is 12.1 Å². The number of nitrogens with one attached hydrogen (secondary N) is 1. The summed E-state index contributed by atoms with van der Waals surface area (Å²) in [6.07, 6.45) is 4.41. The van der Waals surface area contributed by atoms with Gasteiger partial charge in [0.2, 0.25) is 0 Å². The van der Waals surface area contributed by atoms with Crippen LogP contribution >= 0.6 is 0 Å². The van der Waals surface area contributed by atoms with Gasteiger partial charge in [0, 0.05) is 18.2 Å². The minimum Gasteiger partial charge on any atom is -0.496 e. The average Bonchev–Trinajstić information content (AvgIpc) is 2.98. The van der Waals surface area contributed by atoms with Crippen molar-refractivity contribution in [3.8, 4) is 17.2 Å². The van der Waals surface area contributed by atoms with Crippen LogP contribution in [0, 0.1) is 0 Å². The van der Waals surface area contributed by atoms with E-state index in [-0.39, 0.29) is 11.9 Å². The lowest BCUT2D eigenvalue weighted by atomic mass is 10.1. The molecule has 0 heterocycles. The molecule has 0 bridgehead atoms. The van der Waals surface area contributed by atoms with Crippen molar-refractivity contribution in [2.45, 2.75) is 31.7 Å². The van der Waals surface area contributed by atoms with E-state index in [9.17, 15) is 4.79 Å². The molecule has 1 fully saturated rings. The Kier molecular flexibility index (Phi) is 4.71. The number of hydrogen-bond acceptors (Lipinski definition) is 4. The fourth-order valence-electron chi connectivity index (χ4n) is 2.56. The first-order chi connectivity index (χ1) is 9.69. The Morgan fingerprint density at radius 1 is 1.05 bits per heavy atom. The molecule has 1 aliphatic carbocycles. The number of amides is 1. The highest BCUT2D eigenvalue weighted by Crippen LogP contribution is 2.34. The summed E-state index contributed by atoms with van der Waals surface area (Å²) in [6.45, 7) is 0. The molecule has 2 rings (SSSR count). The van der Waals surface area contributed by atoms with Gasteiger partial charge in [-0.3, -0.25) is 4.79 Å². The summed E-state index contributed by atoms with van der Waals surface area (Å²) in [7, 11) is 4.62. The zero-order valence-corrected chi connectivity index (χ0v) is 12.2.